The molecule has 2 unspecified atom stereocenters. The number of esters is 1. The summed E-state index contributed by atoms with van der Waals surface area (Å²) in [7, 11) is -3.65. The number of fused-ring (bicyclic) bond motifs is 1. The molecule has 2 aromatic rings. The van der Waals surface area contributed by atoms with E-state index >= 15 is 0 Å². The third-order valence-electron chi connectivity index (χ3n) is 4.90. The van der Waals surface area contributed by atoms with E-state index in [4.69, 9.17) is 14.2 Å². The van der Waals surface area contributed by atoms with Crippen molar-refractivity contribution in [1.29, 1.82) is 0 Å². The highest BCUT2D eigenvalue weighted by Crippen LogP contribution is 2.32. The summed E-state index contributed by atoms with van der Waals surface area (Å²) in [5.41, 5.74) is 0.662. The lowest BCUT2D eigenvalue weighted by Gasteiger charge is -2.40. The van der Waals surface area contributed by atoms with Crippen molar-refractivity contribution in [2.45, 2.75) is 82.3 Å². The predicted octanol–water partition coefficient (Wildman–Crippen LogP) is 4.35. The number of carbonyl (C=O) groups excluding carboxylic acids is 1. The molecule has 1 aromatic carbocycles. The lowest BCUT2D eigenvalue weighted by molar-refractivity contribution is -0.295. The Labute approximate surface area is 188 Å². The molecule has 0 spiro atoms. The lowest BCUT2D eigenvalue weighted by atomic mass is 10.1. The fourth-order valence-electron chi connectivity index (χ4n) is 3.92. The number of ether oxygens (including phenoxy) is 3. The predicted molar refractivity (Wildman–Crippen MR) is 120 cm³/mol. The highest BCUT2D eigenvalue weighted by molar-refractivity contribution is 7.93. The molecule has 0 bridgehead atoms. The second-order valence-electron chi connectivity index (χ2n) is 8.98. The fourth-order valence-corrected chi connectivity index (χ4v) is 6.67. The van der Waals surface area contributed by atoms with Crippen LogP contribution in [0.2, 0.25) is 0 Å². The minimum absolute atomic E-state index is 0.0624. The van der Waals surface area contributed by atoms with E-state index in [1.165, 1.54) is 0 Å². The highest BCUT2D eigenvalue weighted by Gasteiger charge is 2.39. The second kappa shape index (κ2) is 9.52. The summed E-state index contributed by atoms with van der Waals surface area (Å²) in [6.07, 6.45) is -0.108. The number of thiazole rings is 1. The molecule has 7 nitrogen and oxygen atoms in total. The van der Waals surface area contributed by atoms with Crippen LogP contribution in [-0.4, -0.2) is 49.2 Å². The first kappa shape index (κ1) is 24.1. The van der Waals surface area contributed by atoms with E-state index in [1.54, 1.807) is 19.9 Å². The smallest absolute Gasteiger partial charge is 0.308 e. The fraction of sp³-hybridized carbons (Fsp3) is 0.636. The number of benzene rings is 1. The van der Waals surface area contributed by atoms with Crippen molar-refractivity contribution in [3.05, 3.63) is 24.3 Å². The average molecular weight is 470 g/mol. The summed E-state index contributed by atoms with van der Waals surface area (Å²) in [6, 6.07) is 7.32. The second-order valence-corrected chi connectivity index (χ2v) is 12.2. The van der Waals surface area contributed by atoms with E-state index in [1.807, 2.05) is 25.1 Å². The summed E-state index contributed by atoms with van der Waals surface area (Å²) in [5.74, 6) is -1.13. The van der Waals surface area contributed by atoms with E-state index < -0.39 is 27.8 Å². The monoisotopic (exact) mass is 469 g/mol. The number of sulfone groups is 1. The molecule has 1 fully saturated rings. The minimum atomic E-state index is -3.65. The molecule has 9 heteroatoms. The largest absolute Gasteiger partial charge is 0.463 e. The van der Waals surface area contributed by atoms with Gasteiger partial charge in [-0.2, -0.15) is 0 Å². The summed E-state index contributed by atoms with van der Waals surface area (Å²) in [4.78, 5) is 16.6. The van der Waals surface area contributed by atoms with Gasteiger partial charge in [0.25, 0.3) is 0 Å². The standard InChI is InChI=1S/C22H31NO6S2/c1-14(2)10-15(3)27-20(24)12-16-11-17(29-22(4,5)28-16)13-31(25,26)21-23-18-8-6-7-9-19(18)30-21/h6-9,14-17H,10-13H2,1-5H3/t15?,16?,17-/m0/s1. The Morgan fingerprint density at radius 3 is 2.58 bits per heavy atom. The Kier molecular flexibility index (Phi) is 7.40. The molecular weight excluding hydrogens is 438 g/mol. The van der Waals surface area contributed by atoms with Crippen LogP contribution in [0, 0.1) is 5.92 Å². The van der Waals surface area contributed by atoms with Crippen LogP contribution in [0.1, 0.15) is 53.9 Å². The summed E-state index contributed by atoms with van der Waals surface area (Å²) >= 11 is 1.16. The summed E-state index contributed by atoms with van der Waals surface area (Å²) < 4.78 is 44.1. The average Bonchev–Trinajstić information content (AvgIpc) is 3.03. The van der Waals surface area contributed by atoms with Crippen LogP contribution < -0.4 is 0 Å². The van der Waals surface area contributed by atoms with Crippen LogP contribution in [0.4, 0.5) is 0 Å². The number of rotatable bonds is 8. The lowest BCUT2D eigenvalue weighted by Crippen LogP contribution is -2.47. The first-order valence-corrected chi connectivity index (χ1v) is 13.0. The topological polar surface area (TPSA) is 91.8 Å². The maximum absolute atomic E-state index is 13.0. The number of hydrogen-bond acceptors (Lipinski definition) is 8. The van der Waals surface area contributed by atoms with Crippen molar-refractivity contribution in [2.24, 2.45) is 5.92 Å². The Balaban J connectivity index is 1.66. The molecule has 1 aliphatic heterocycles. The number of aromatic nitrogens is 1. The third kappa shape index (κ3) is 6.71. The van der Waals surface area contributed by atoms with Crippen molar-refractivity contribution in [2.75, 3.05) is 5.75 Å². The van der Waals surface area contributed by atoms with Crippen molar-refractivity contribution < 1.29 is 27.4 Å². The van der Waals surface area contributed by atoms with Gasteiger partial charge < -0.3 is 14.2 Å². The highest BCUT2D eigenvalue weighted by atomic mass is 32.2. The molecule has 0 amide bonds. The Morgan fingerprint density at radius 1 is 1.23 bits per heavy atom. The Hall–Kier alpha value is -1.55. The number of hydrogen-bond donors (Lipinski definition) is 0. The van der Waals surface area contributed by atoms with Crippen molar-refractivity contribution >= 4 is 37.4 Å². The van der Waals surface area contributed by atoms with Gasteiger partial charge >= 0.3 is 5.97 Å². The van der Waals surface area contributed by atoms with Crippen LogP contribution in [0.3, 0.4) is 0 Å². The van der Waals surface area contributed by atoms with Gasteiger partial charge in [0.1, 0.15) is 0 Å². The Bertz CT molecular complexity index is 981. The molecule has 172 valence electrons. The summed E-state index contributed by atoms with van der Waals surface area (Å²) in [5, 5.41) is 0. The van der Waals surface area contributed by atoms with Gasteiger partial charge in [0.05, 0.1) is 40.7 Å². The van der Waals surface area contributed by atoms with E-state index in [9.17, 15) is 13.2 Å². The zero-order chi connectivity index (χ0) is 22.8. The maximum atomic E-state index is 13.0. The number of nitrogens with zero attached hydrogens (tertiary/aromatic N) is 1. The number of para-hydroxylation sites is 1. The Morgan fingerprint density at radius 2 is 1.90 bits per heavy atom. The summed E-state index contributed by atoms with van der Waals surface area (Å²) in [6.45, 7) is 9.47. The van der Waals surface area contributed by atoms with Crippen molar-refractivity contribution in [3.8, 4) is 0 Å². The van der Waals surface area contributed by atoms with Gasteiger partial charge in [0.2, 0.25) is 14.2 Å². The van der Waals surface area contributed by atoms with Gasteiger partial charge in [0, 0.05) is 6.42 Å². The SMILES string of the molecule is CC(C)CC(C)OC(=O)CC1C[C@@H](CS(=O)(=O)c2nc3ccccc3s2)OC(C)(C)O1. The van der Waals surface area contributed by atoms with Crippen molar-refractivity contribution in [1.82, 2.24) is 4.98 Å². The quantitative estimate of drug-likeness (QED) is 0.531. The van der Waals surface area contributed by atoms with Crippen LogP contribution in [-0.2, 0) is 28.8 Å². The van der Waals surface area contributed by atoms with Crippen LogP contribution in [0.25, 0.3) is 10.2 Å². The van der Waals surface area contributed by atoms with Gasteiger partial charge in [0.15, 0.2) is 5.79 Å². The van der Waals surface area contributed by atoms with Gasteiger partial charge in [-0.1, -0.05) is 26.0 Å². The van der Waals surface area contributed by atoms with Gasteiger partial charge in [-0.15, -0.1) is 11.3 Å². The molecule has 1 aromatic heterocycles. The number of carbonyl (C=O) groups is 1. The molecule has 31 heavy (non-hydrogen) atoms. The minimum Gasteiger partial charge on any atom is -0.463 e. The zero-order valence-electron chi connectivity index (χ0n) is 18.7. The molecule has 1 saturated heterocycles. The van der Waals surface area contributed by atoms with E-state index in [0.29, 0.717) is 17.9 Å². The molecule has 0 N–H and O–H groups in total. The van der Waals surface area contributed by atoms with Crippen molar-refractivity contribution in [3.63, 3.8) is 0 Å². The van der Waals surface area contributed by atoms with E-state index in [-0.39, 0.29) is 28.6 Å². The zero-order valence-corrected chi connectivity index (χ0v) is 20.3. The molecular formula is C22H31NO6S2. The van der Waals surface area contributed by atoms with E-state index in [0.717, 1.165) is 22.5 Å². The van der Waals surface area contributed by atoms with Gasteiger partial charge in [-0.05, 0) is 45.2 Å². The third-order valence-corrected chi connectivity index (χ3v) is 8.18. The molecule has 2 heterocycles. The van der Waals surface area contributed by atoms with Crippen LogP contribution in [0.5, 0.6) is 0 Å². The van der Waals surface area contributed by atoms with Crippen LogP contribution >= 0.6 is 11.3 Å². The maximum Gasteiger partial charge on any atom is 0.308 e. The van der Waals surface area contributed by atoms with E-state index in [2.05, 4.69) is 18.8 Å². The first-order valence-electron chi connectivity index (χ1n) is 10.6. The molecule has 0 saturated carbocycles. The molecule has 0 aliphatic carbocycles. The van der Waals surface area contributed by atoms with Gasteiger partial charge in [-0.3, -0.25) is 4.79 Å². The molecule has 3 rings (SSSR count). The molecule has 3 atom stereocenters. The molecule has 0 radical (unpaired) electrons. The first-order chi connectivity index (χ1) is 14.4. The normalized spacial score (nSPS) is 22.5. The van der Waals surface area contributed by atoms with Gasteiger partial charge in [-0.25, -0.2) is 13.4 Å². The van der Waals surface area contributed by atoms with Crippen LogP contribution in [0.15, 0.2) is 28.6 Å². The molecule has 1 aliphatic rings.